The summed E-state index contributed by atoms with van der Waals surface area (Å²) in [5.41, 5.74) is 0.00615. The molecule has 1 aliphatic rings. The Bertz CT molecular complexity index is 518. The molecular weight excluding hydrogens is 280 g/mol. The van der Waals surface area contributed by atoms with Gasteiger partial charge in [0, 0.05) is 26.7 Å². The lowest BCUT2D eigenvalue weighted by atomic mass is 9.79. The van der Waals surface area contributed by atoms with Crippen LogP contribution in [0.1, 0.15) is 24.8 Å². The van der Waals surface area contributed by atoms with E-state index < -0.39 is 5.41 Å². The number of nitrogens with one attached hydrogen (secondary N) is 1. The molecule has 1 heterocycles. The Kier molecular flexibility index (Phi) is 5.55. The standard InChI is InChI=1S/C17H24N2O3/c1-19-11-9-17(16(19)22,13-14-7-3-2-4-8-14)15(21)18-10-5-6-12-20/h2-4,7-8,20H,5-6,9-13H2,1H3,(H,18,21). The first kappa shape index (κ1) is 16.5. The summed E-state index contributed by atoms with van der Waals surface area (Å²) in [5, 5.41) is 11.7. The van der Waals surface area contributed by atoms with Gasteiger partial charge in [0.1, 0.15) is 5.41 Å². The number of likely N-dealkylation sites (tertiary alicyclic amines) is 1. The van der Waals surface area contributed by atoms with E-state index in [1.54, 1.807) is 11.9 Å². The highest BCUT2D eigenvalue weighted by molar-refractivity contribution is 6.06. The maximum atomic E-state index is 12.7. The second-order valence-electron chi connectivity index (χ2n) is 5.91. The van der Waals surface area contributed by atoms with Crippen LogP contribution >= 0.6 is 0 Å². The molecular formula is C17H24N2O3. The molecule has 0 aromatic heterocycles. The molecule has 0 saturated carbocycles. The van der Waals surface area contributed by atoms with Gasteiger partial charge < -0.3 is 15.3 Å². The number of carbonyl (C=O) groups excluding carboxylic acids is 2. The zero-order chi connectivity index (χ0) is 16.0. The lowest BCUT2D eigenvalue weighted by Gasteiger charge is -2.26. The molecule has 1 fully saturated rings. The average Bonchev–Trinajstić information content (AvgIpc) is 2.82. The van der Waals surface area contributed by atoms with Gasteiger partial charge in [0.15, 0.2) is 0 Å². The minimum atomic E-state index is -0.991. The Balaban J connectivity index is 2.12. The maximum absolute atomic E-state index is 12.7. The van der Waals surface area contributed by atoms with Crippen molar-refractivity contribution >= 4 is 11.8 Å². The summed E-state index contributed by atoms with van der Waals surface area (Å²) < 4.78 is 0. The molecule has 0 aliphatic carbocycles. The maximum Gasteiger partial charge on any atom is 0.238 e. The molecule has 120 valence electrons. The van der Waals surface area contributed by atoms with E-state index in [-0.39, 0.29) is 18.4 Å². The van der Waals surface area contributed by atoms with Crippen LogP contribution in [0.3, 0.4) is 0 Å². The number of aliphatic hydroxyl groups is 1. The summed E-state index contributed by atoms with van der Waals surface area (Å²) in [6, 6.07) is 9.67. The van der Waals surface area contributed by atoms with Gasteiger partial charge in [-0.2, -0.15) is 0 Å². The Morgan fingerprint density at radius 2 is 2.05 bits per heavy atom. The van der Waals surface area contributed by atoms with Gasteiger partial charge in [-0.3, -0.25) is 9.59 Å². The highest BCUT2D eigenvalue weighted by Crippen LogP contribution is 2.35. The van der Waals surface area contributed by atoms with Crippen molar-refractivity contribution in [2.45, 2.75) is 25.7 Å². The molecule has 2 N–H and O–H groups in total. The van der Waals surface area contributed by atoms with Crippen molar-refractivity contribution in [2.75, 3.05) is 26.7 Å². The molecule has 1 aromatic carbocycles. The second kappa shape index (κ2) is 7.40. The first-order valence-corrected chi connectivity index (χ1v) is 7.79. The van der Waals surface area contributed by atoms with Crippen LogP contribution in [0.4, 0.5) is 0 Å². The van der Waals surface area contributed by atoms with E-state index in [0.29, 0.717) is 38.8 Å². The third-order valence-corrected chi connectivity index (χ3v) is 4.28. The molecule has 5 heteroatoms. The number of hydrogen-bond donors (Lipinski definition) is 2. The SMILES string of the molecule is CN1CCC(Cc2ccccc2)(C(=O)NCCCCO)C1=O. The first-order chi connectivity index (χ1) is 10.6. The van der Waals surface area contributed by atoms with E-state index >= 15 is 0 Å². The van der Waals surface area contributed by atoms with Crippen LogP contribution in [0.2, 0.25) is 0 Å². The smallest absolute Gasteiger partial charge is 0.238 e. The number of benzene rings is 1. The highest BCUT2D eigenvalue weighted by atomic mass is 16.3. The van der Waals surface area contributed by atoms with Crippen molar-refractivity contribution in [2.24, 2.45) is 5.41 Å². The number of nitrogens with zero attached hydrogens (tertiary/aromatic N) is 1. The number of aliphatic hydroxyl groups excluding tert-OH is 1. The summed E-state index contributed by atoms with van der Waals surface area (Å²) in [6.07, 6.45) is 2.35. The van der Waals surface area contributed by atoms with Crippen molar-refractivity contribution in [1.82, 2.24) is 10.2 Å². The number of unbranched alkanes of at least 4 members (excludes halogenated alkanes) is 1. The predicted octanol–water partition coefficient (Wildman–Crippen LogP) is 0.966. The van der Waals surface area contributed by atoms with Crippen LogP contribution in [0.25, 0.3) is 0 Å². The minimum Gasteiger partial charge on any atom is -0.396 e. The molecule has 22 heavy (non-hydrogen) atoms. The van der Waals surface area contributed by atoms with Gasteiger partial charge in [0.2, 0.25) is 11.8 Å². The van der Waals surface area contributed by atoms with Gasteiger partial charge in [-0.05, 0) is 31.2 Å². The lowest BCUT2D eigenvalue weighted by Crippen LogP contribution is -2.48. The first-order valence-electron chi connectivity index (χ1n) is 7.79. The molecule has 0 radical (unpaired) electrons. The van der Waals surface area contributed by atoms with E-state index in [1.165, 1.54) is 0 Å². The largest absolute Gasteiger partial charge is 0.396 e. The molecule has 0 spiro atoms. The summed E-state index contributed by atoms with van der Waals surface area (Å²) in [7, 11) is 1.74. The Morgan fingerprint density at radius 3 is 2.64 bits per heavy atom. The number of carbonyl (C=O) groups is 2. The molecule has 1 unspecified atom stereocenters. The normalized spacial score (nSPS) is 21.2. The monoisotopic (exact) mass is 304 g/mol. The molecule has 5 nitrogen and oxygen atoms in total. The van der Waals surface area contributed by atoms with Crippen LogP contribution in [-0.4, -0.2) is 48.6 Å². The molecule has 2 rings (SSSR count). The third-order valence-electron chi connectivity index (χ3n) is 4.28. The topological polar surface area (TPSA) is 69.6 Å². The number of amides is 2. The average molecular weight is 304 g/mol. The Labute approximate surface area is 131 Å². The van der Waals surface area contributed by atoms with Crippen LogP contribution in [-0.2, 0) is 16.0 Å². The van der Waals surface area contributed by atoms with Gasteiger partial charge in [-0.25, -0.2) is 0 Å². The van der Waals surface area contributed by atoms with Gasteiger partial charge in [-0.15, -0.1) is 0 Å². The fourth-order valence-electron chi connectivity index (χ4n) is 2.94. The summed E-state index contributed by atoms with van der Waals surface area (Å²) in [5.74, 6) is -0.292. The van der Waals surface area contributed by atoms with Gasteiger partial charge in [0.25, 0.3) is 0 Å². The molecule has 1 aromatic rings. The molecule has 1 saturated heterocycles. The number of rotatable bonds is 7. The van der Waals surface area contributed by atoms with Crippen LogP contribution < -0.4 is 5.32 Å². The summed E-state index contributed by atoms with van der Waals surface area (Å²) >= 11 is 0. The zero-order valence-corrected chi connectivity index (χ0v) is 13.0. The molecule has 0 bridgehead atoms. The minimum absolute atomic E-state index is 0.101. The number of hydrogen-bond acceptors (Lipinski definition) is 3. The quantitative estimate of drug-likeness (QED) is 0.582. The van der Waals surface area contributed by atoms with Crippen molar-refractivity contribution in [3.8, 4) is 0 Å². The Morgan fingerprint density at radius 1 is 1.32 bits per heavy atom. The molecule has 1 atom stereocenters. The lowest BCUT2D eigenvalue weighted by molar-refractivity contribution is -0.144. The van der Waals surface area contributed by atoms with Crippen molar-refractivity contribution in [3.05, 3.63) is 35.9 Å². The Hall–Kier alpha value is -1.88. The van der Waals surface area contributed by atoms with Gasteiger partial charge >= 0.3 is 0 Å². The molecule has 2 amide bonds. The fourth-order valence-corrected chi connectivity index (χ4v) is 2.94. The van der Waals surface area contributed by atoms with E-state index in [9.17, 15) is 9.59 Å². The van der Waals surface area contributed by atoms with Gasteiger partial charge in [0.05, 0.1) is 0 Å². The highest BCUT2D eigenvalue weighted by Gasteiger charge is 2.51. The van der Waals surface area contributed by atoms with Crippen molar-refractivity contribution in [3.63, 3.8) is 0 Å². The van der Waals surface area contributed by atoms with Crippen molar-refractivity contribution < 1.29 is 14.7 Å². The zero-order valence-electron chi connectivity index (χ0n) is 13.0. The third kappa shape index (κ3) is 3.47. The predicted molar refractivity (Wildman–Crippen MR) is 84.2 cm³/mol. The van der Waals surface area contributed by atoms with E-state index in [4.69, 9.17) is 5.11 Å². The van der Waals surface area contributed by atoms with E-state index in [2.05, 4.69) is 5.32 Å². The fraction of sp³-hybridized carbons (Fsp3) is 0.529. The van der Waals surface area contributed by atoms with Crippen LogP contribution in [0.15, 0.2) is 30.3 Å². The van der Waals surface area contributed by atoms with Gasteiger partial charge in [-0.1, -0.05) is 30.3 Å². The summed E-state index contributed by atoms with van der Waals surface area (Å²) in [6.45, 7) is 1.22. The van der Waals surface area contributed by atoms with Crippen LogP contribution in [0, 0.1) is 5.41 Å². The summed E-state index contributed by atoms with van der Waals surface area (Å²) in [4.78, 5) is 26.9. The molecule has 1 aliphatic heterocycles. The van der Waals surface area contributed by atoms with E-state index in [1.807, 2.05) is 30.3 Å². The van der Waals surface area contributed by atoms with Crippen molar-refractivity contribution in [1.29, 1.82) is 0 Å². The second-order valence-corrected chi connectivity index (χ2v) is 5.91. The van der Waals surface area contributed by atoms with E-state index in [0.717, 1.165) is 5.56 Å². The van der Waals surface area contributed by atoms with Crippen LogP contribution in [0.5, 0.6) is 0 Å².